The maximum absolute atomic E-state index is 12.6. The van der Waals surface area contributed by atoms with Gasteiger partial charge in [0.15, 0.2) is 0 Å². The Hall–Kier alpha value is -1.63. The van der Waals surface area contributed by atoms with Crippen molar-refractivity contribution in [3.63, 3.8) is 0 Å². The Morgan fingerprint density at radius 2 is 1.78 bits per heavy atom. The lowest BCUT2D eigenvalue weighted by Gasteiger charge is -2.37. The summed E-state index contributed by atoms with van der Waals surface area (Å²) in [7, 11) is 0. The van der Waals surface area contributed by atoms with E-state index in [1.54, 1.807) is 12.1 Å². The lowest BCUT2D eigenvalue weighted by Crippen LogP contribution is -2.47. The number of hydrogen-bond donors (Lipinski definition) is 0. The van der Waals surface area contributed by atoms with Crippen molar-refractivity contribution in [2.24, 2.45) is 0 Å². The predicted octanol–water partition coefficient (Wildman–Crippen LogP) is 2.25. The molecule has 1 heterocycles. The maximum Gasteiger partial charge on any atom is 0.492 e. The standard InChI is InChI=1S/C11H9F4NO2/c12-9-3-1-7(2-4-9)8-5-16(6-8)18-10(17)11(13,14)15/h1-4,8H,5-6H2. The number of rotatable bonds is 2. The van der Waals surface area contributed by atoms with Gasteiger partial charge in [0.1, 0.15) is 5.82 Å². The monoisotopic (exact) mass is 263 g/mol. The van der Waals surface area contributed by atoms with E-state index in [4.69, 9.17) is 0 Å². The minimum Gasteiger partial charge on any atom is -0.361 e. The van der Waals surface area contributed by atoms with Crippen LogP contribution in [0, 0.1) is 5.82 Å². The van der Waals surface area contributed by atoms with Crippen molar-refractivity contribution in [2.45, 2.75) is 12.1 Å². The smallest absolute Gasteiger partial charge is 0.361 e. The molecule has 7 heteroatoms. The summed E-state index contributed by atoms with van der Waals surface area (Å²) >= 11 is 0. The molecule has 0 atom stereocenters. The van der Waals surface area contributed by atoms with Crippen LogP contribution in [0.1, 0.15) is 11.5 Å². The molecule has 0 aromatic heterocycles. The Labute approximate surface area is 99.9 Å². The normalized spacial score (nSPS) is 17.3. The Morgan fingerprint density at radius 1 is 1.22 bits per heavy atom. The van der Waals surface area contributed by atoms with Crippen molar-refractivity contribution in [3.8, 4) is 0 Å². The van der Waals surface area contributed by atoms with Gasteiger partial charge in [-0.3, -0.25) is 0 Å². The lowest BCUT2D eigenvalue weighted by atomic mass is 9.93. The van der Waals surface area contributed by atoms with Crippen LogP contribution >= 0.6 is 0 Å². The fourth-order valence-corrected chi connectivity index (χ4v) is 1.63. The van der Waals surface area contributed by atoms with Crippen molar-refractivity contribution in [3.05, 3.63) is 35.6 Å². The number of alkyl halides is 3. The fourth-order valence-electron chi connectivity index (χ4n) is 1.63. The molecule has 1 fully saturated rings. The third kappa shape index (κ3) is 2.79. The zero-order valence-corrected chi connectivity index (χ0v) is 9.08. The number of carbonyl (C=O) groups is 1. The second-order valence-electron chi connectivity index (χ2n) is 3.97. The minimum absolute atomic E-state index is 0.0494. The molecule has 0 amide bonds. The molecule has 3 nitrogen and oxygen atoms in total. The SMILES string of the molecule is O=C(ON1CC(c2ccc(F)cc2)C1)C(F)(F)F. The third-order valence-electron chi connectivity index (χ3n) is 2.63. The Kier molecular flexibility index (Phi) is 3.25. The highest BCUT2D eigenvalue weighted by atomic mass is 19.4. The molecule has 1 aromatic rings. The Balaban J connectivity index is 1.84. The Bertz CT molecular complexity index is 437. The van der Waals surface area contributed by atoms with Crippen LogP contribution in [0.3, 0.4) is 0 Å². The van der Waals surface area contributed by atoms with E-state index in [2.05, 4.69) is 4.84 Å². The zero-order valence-electron chi connectivity index (χ0n) is 9.08. The van der Waals surface area contributed by atoms with Crippen molar-refractivity contribution < 1.29 is 27.2 Å². The van der Waals surface area contributed by atoms with Gasteiger partial charge in [0.25, 0.3) is 0 Å². The molecule has 0 spiro atoms. The van der Waals surface area contributed by atoms with Crippen LogP contribution in [0.15, 0.2) is 24.3 Å². The van der Waals surface area contributed by atoms with Gasteiger partial charge in [0.2, 0.25) is 0 Å². The average molecular weight is 263 g/mol. The first-order valence-corrected chi connectivity index (χ1v) is 5.16. The van der Waals surface area contributed by atoms with E-state index in [1.807, 2.05) is 0 Å². The van der Waals surface area contributed by atoms with Crippen molar-refractivity contribution >= 4 is 5.97 Å². The van der Waals surface area contributed by atoms with E-state index in [0.29, 0.717) is 0 Å². The first kappa shape index (κ1) is 12.8. The molecule has 1 aromatic carbocycles. The minimum atomic E-state index is -4.99. The molecule has 0 saturated carbocycles. The number of nitrogens with zero attached hydrogens (tertiary/aromatic N) is 1. The Morgan fingerprint density at radius 3 is 2.28 bits per heavy atom. The van der Waals surface area contributed by atoms with E-state index in [9.17, 15) is 22.4 Å². The van der Waals surface area contributed by atoms with Crippen LogP contribution in [-0.2, 0) is 9.63 Å². The highest BCUT2D eigenvalue weighted by molar-refractivity contribution is 5.75. The second-order valence-corrected chi connectivity index (χ2v) is 3.97. The summed E-state index contributed by atoms with van der Waals surface area (Å²) in [6, 6.07) is 5.67. The lowest BCUT2D eigenvalue weighted by molar-refractivity contribution is -0.253. The molecule has 1 saturated heterocycles. The molecular weight excluding hydrogens is 254 g/mol. The van der Waals surface area contributed by atoms with Crippen LogP contribution < -0.4 is 0 Å². The molecule has 0 bridgehead atoms. The molecular formula is C11H9F4NO2. The van der Waals surface area contributed by atoms with Gasteiger partial charge in [0.05, 0.1) is 0 Å². The van der Waals surface area contributed by atoms with Crippen LogP contribution in [0.4, 0.5) is 17.6 Å². The predicted molar refractivity (Wildman–Crippen MR) is 52.9 cm³/mol. The van der Waals surface area contributed by atoms with E-state index >= 15 is 0 Å². The van der Waals surface area contributed by atoms with Gasteiger partial charge in [-0.1, -0.05) is 12.1 Å². The highest BCUT2D eigenvalue weighted by Gasteiger charge is 2.44. The maximum atomic E-state index is 12.6. The van der Waals surface area contributed by atoms with Crippen molar-refractivity contribution in [1.82, 2.24) is 5.06 Å². The number of halogens is 4. The quantitative estimate of drug-likeness (QED) is 0.766. The summed E-state index contributed by atoms with van der Waals surface area (Å²) in [6.45, 7) is 0.348. The van der Waals surface area contributed by atoms with Crippen molar-refractivity contribution in [1.29, 1.82) is 0 Å². The number of hydrogen-bond acceptors (Lipinski definition) is 3. The van der Waals surface area contributed by atoms with Gasteiger partial charge in [-0.25, -0.2) is 9.18 Å². The molecule has 0 N–H and O–H groups in total. The first-order chi connectivity index (χ1) is 8.36. The summed E-state index contributed by atoms with van der Waals surface area (Å²) in [5, 5.41) is 0.934. The summed E-state index contributed by atoms with van der Waals surface area (Å²) in [5.41, 5.74) is 0.802. The zero-order chi connectivity index (χ0) is 13.3. The molecule has 2 rings (SSSR count). The van der Waals surface area contributed by atoms with E-state index in [0.717, 1.165) is 10.6 Å². The highest BCUT2D eigenvalue weighted by Crippen LogP contribution is 2.28. The number of carbonyl (C=O) groups excluding carboxylic acids is 1. The van der Waals surface area contributed by atoms with Crippen LogP contribution in [0.25, 0.3) is 0 Å². The largest absolute Gasteiger partial charge is 0.492 e. The molecule has 0 unspecified atom stereocenters. The first-order valence-electron chi connectivity index (χ1n) is 5.16. The van der Waals surface area contributed by atoms with E-state index in [-0.39, 0.29) is 24.8 Å². The molecule has 98 valence electrons. The van der Waals surface area contributed by atoms with Gasteiger partial charge in [-0.2, -0.15) is 13.2 Å². The van der Waals surface area contributed by atoms with Gasteiger partial charge in [0, 0.05) is 19.0 Å². The molecule has 0 radical (unpaired) electrons. The summed E-state index contributed by atoms with van der Waals surface area (Å²) in [5.74, 6) is -2.65. The average Bonchev–Trinajstić information content (AvgIpc) is 2.23. The van der Waals surface area contributed by atoms with Crippen LogP contribution in [0.5, 0.6) is 0 Å². The fraction of sp³-hybridized carbons (Fsp3) is 0.364. The third-order valence-corrected chi connectivity index (χ3v) is 2.63. The summed E-state index contributed by atoms with van der Waals surface area (Å²) < 4.78 is 48.3. The van der Waals surface area contributed by atoms with E-state index in [1.165, 1.54) is 12.1 Å². The number of benzene rings is 1. The molecule has 1 aliphatic rings. The molecule has 18 heavy (non-hydrogen) atoms. The molecule has 1 aliphatic heterocycles. The summed E-state index contributed by atoms with van der Waals surface area (Å²) in [6.07, 6.45) is -4.99. The molecule has 0 aliphatic carbocycles. The van der Waals surface area contributed by atoms with Crippen LogP contribution in [0.2, 0.25) is 0 Å². The van der Waals surface area contributed by atoms with Gasteiger partial charge >= 0.3 is 12.1 Å². The van der Waals surface area contributed by atoms with Gasteiger partial charge in [-0.05, 0) is 17.7 Å². The van der Waals surface area contributed by atoms with Gasteiger partial charge < -0.3 is 4.84 Å². The van der Waals surface area contributed by atoms with E-state index < -0.39 is 12.1 Å². The summed E-state index contributed by atoms with van der Waals surface area (Å²) in [4.78, 5) is 14.6. The van der Waals surface area contributed by atoms with Crippen LogP contribution in [-0.4, -0.2) is 30.3 Å². The van der Waals surface area contributed by atoms with Gasteiger partial charge in [-0.15, -0.1) is 5.06 Å². The second kappa shape index (κ2) is 4.56. The van der Waals surface area contributed by atoms with Crippen molar-refractivity contribution in [2.75, 3.05) is 13.1 Å². The number of hydroxylamine groups is 2. The topological polar surface area (TPSA) is 29.5 Å².